The summed E-state index contributed by atoms with van der Waals surface area (Å²) in [6.07, 6.45) is 3.67. The minimum atomic E-state index is 0.0143. The molecule has 3 rings (SSSR count). The summed E-state index contributed by atoms with van der Waals surface area (Å²) in [4.78, 5) is 12.3. The second kappa shape index (κ2) is 7.75. The lowest BCUT2D eigenvalue weighted by atomic mass is 10.1. The second-order valence-electron chi connectivity index (χ2n) is 5.41. The Hall–Kier alpha value is -2.65. The molecular formula is C20H17ClNO2+. The molecular weight excluding hydrogens is 322 g/mol. The van der Waals surface area contributed by atoms with Crippen LogP contribution in [0.25, 0.3) is 0 Å². The smallest absolute Gasteiger partial charge is 0.227 e. The third-order valence-electron chi connectivity index (χ3n) is 3.58. The summed E-state index contributed by atoms with van der Waals surface area (Å²) in [5, 5.41) is 0.565. The van der Waals surface area contributed by atoms with Gasteiger partial charge in [-0.15, -0.1) is 0 Å². The predicted molar refractivity (Wildman–Crippen MR) is 93.2 cm³/mol. The van der Waals surface area contributed by atoms with Crippen LogP contribution in [0.1, 0.15) is 15.9 Å². The van der Waals surface area contributed by atoms with Crippen molar-refractivity contribution in [2.75, 3.05) is 0 Å². The van der Waals surface area contributed by atoms with Crippen molar-refractivity contribution >= 4 is 17.4 Å². The molecule has 120 valence electrons. The van der Waals surface area contributed by atoms with Crippen LogP contribution >= 0.6 is 11.6 Å². The molecule has 0 fully saturated rings. The summed E-state index contributed by atoms with van der Waals surface area (Å²) in [5.41, 5.74) is 1.73. The zero-order valence-electron chi connectivity index (χ0n) is 13.1. The maximum atomic E-state index is 12.3. The van der Waals surface area contributed by atoms with E-state index in [-0.39, 0.29) is 12.3 Å². The minimum absolute atomic E-state index is 0.0143. The van der Waals surface area contributed by atoms with E-state index in [9.17, 15) is 4.79 Å². The molecule has 1 aromatic heterocycles. The fourth-order valence-corrected chi connectivity index (χ4v) is 2.50. The predicted octanol–water partition coefficient (Wildman–Crippen LogP) is 4.09. The second-order valence-corrected chi connectivity index (χ2v) is 5.85. The lowest BCUT2D eigenvalue weighted by molar-refractivity contribution is -0.683. The Balaban J connectivity index is 1.59. The summed E-state index contributed by atoms with van der Waals surface area (Å²) >= 11 is 5.92. The number of pyridine rings is 1. The van der Waals surface area contributed by atoms with Crippen LogP contribution in [-0.2, 0) is 13.2 Å². The van der Waals surface area contributed by atoms with Gasteiger partial charge in [-0.3, -0.25) is 4.79 Å². The van der Waals surface area contributed by atoms with Crippen LogP contribution in [0, 0.1) is 0 Å². The summed E-state index contributed by atoms with van der Waals surface area (Å²) < 4.78 is 7.55. The van der Waals surface area contributed by atoms with Crippen LogP contribution in [0.4, 0.5) is 0 Å². The maximum absolute atomic E-state index is 12.3. The van der Waals surface area contributed by atoms with Gasteiger partial charge in [-0.2, -0.15) is 4.57 Å². The van der Waals surface area contributed by atoms with E-state index in [0.717, 1.165) is 11.3 Å². The number of nitrogens with zero attached hydrogens (tertiary/aromatic N) is 1. The monoisotopic (exact) mass is 338 g/mol. The van der Waals surface area contributed by atoms with E-state index in [1.54, 1.807) is 24.3 Å². The van der Waals surface area contributed by atoms with Crippen molar-refractivity contribution < 1.29 is 14.1 Å². The van der Waals surface area contributed by atoms with Gasteiger partial charge in [0.15, 0.2) is 12.4 Å². The quantitative estimate of drug-likeness (QED) is 0.500. The highest BCUT2D eigenvalue weighted by molar-refractivity contribution is 6.30. The molecule has 0 unspecified atom stereocenters. The van der Waals surface area contributed by atoms with E-state index >= 15 is 0 Å². The fraction of sp³-hybridized carbons (Fsp3) is 0.100. The molecule has 0 saturated heterocycles. The normalized spacial score (nSPS) is 10.4. The molecule has 0 bridgehead atoms. The highest BCUT2D eigenvalue weighted by Crippen LogP contribution is 2.12. The summed E-state index contributed by atoms with van der Waals surface area (Å²) in [6.45, 7) is 0.783. The van der Waals surface area contributed by atoms with Crippen molar-refractivity contribution in [3.63, 3.8) is 0 Å². The SMILES string of the molecule is O=C(C[n+]1ccc(OCc2ccccc2)cc1)c1cccc(Cl)c1. The standard InChI is InChI=1S/C20H17ClNO2/c21-18-8-4-7-17(13-18)20(23)14-22-11-9-19(10-12-22)24-15-16-5-2-1-3-6-16/h1-13H,14-15H2/q+1. The first-order chi connectivity index (χ1) is 11.7. The molecule has 0 atom stereocenters. The van der Waals surface area contributed by atoms with Crippen LogP contribution in [0.2, 0.25) is 5.02 Å². The zero-order chi connectivity index (χ0) is 16.8. The number of ketones is 1. The molecule has 1 heterocycles. The van der Waals surface area contributed by atoms with Gasteiger partial charge in [0.2, 0.25) is 12.3 Å². The number of benzene rings is 2. The first-order valence-corrected chi connectivity index (χ1v) is 8.03. The molecule has 0 aliphatic carbocycles. The fourth-order valence-electron chi connectivity index (χ4n) is 2.31. The maximum Gasteiger partial charge on any atom is 0.227 e. The number of rotatable bonds is 6. The van der Waals surface area contributed by atoms with Crippen LogP contribution in [0.3, 0.4) is 0 Å². The molecule has 0 N–H and O–H groups in total. The summed E-state index contributed by atoms with van der Waals surface area (Å²) in [6, 6.07) is 20.7. The van der Waals surface area contributed by atoms with E-state index < -0.39 is 0 Å². The Kier molecular flexibility index (Phi) is 5.24. The first-order valence-electron chi connectivity index (χ1n) is 7.65. The third-order valence-corrected chi connectivity index (χ3v) is 3.82. The molecule has 3 aromatic rings. The van der Waals surface area contributed by atoms with Crippen molar-refractivity contribution in [1.82, 2.24) is 0 Å². The number of aromatic nitrogens is 1. The average Bonchev–Trinajstić information content (AvgIpc) is 2.62. The Bertz CT molecular complexity index is 817. The number of hydrogen-bond donors (Lipinski definition) is 0. The topological polar surface area (TPSA) is 30.2 Å². The number of carbonyl (C=O) groups excluding carboxylic acids is 1. The number of ether oxygens (including phenoxy) is 1. The largest absolute Gasteiger partial charge is 0.488 e. The van der Waals surface area contributed by atoms with E-state index in [2.05, 4.69) is 0 Å². The number of carbonyl (C=O) groups is 1. The van der Waals surface area contributed by atoms with Crippen molar-refractivity contribution in [2.24, 2.45) is 0 Å². The molecule has 24 heavy (non-hydrogen) atoms. The van der Waals surface area contributed by atoms with Gasteiger partial charge in [0, 0.05) is 22.7 Å². The van der Waals surface area contributed by atoms with E-state index in [1.165, 1.54) is 0 Å². The Morgan fingerprint density at radius 2 is 1.71 bits per heavy atom. The Morgan fingerprint density at radius 3 is 2.42 bits per heavy atom. The van der Waals surface area contributed by atoms with Crippen LogP contribution in [0.15, 0.2) is 79.1 Å². The van der Waals surface area contributed by atoms with E-state index in [0.29, 0.717) is 17.2 Å². The van der Waals surface area contributed by atoms with Crippen molar-refractivity contribution in [2.45, 2.75) is 13.2 Å². The van der Waals surface area contributed by atoms with Gasteiger partial charge in [-0.05, 0) is 17.7 Å². The molecule has 0 radical (unpaired) electrons. The van der Waals surface area contributed by atoms with Gasteiger partial charge in [0.05, 0.1) is 0 Å². The molecule has 0 saturated carbocycles. The van der Waals surface area contributed by atoms with Crippen LogP contribution < -0.4 is 9.30 Å². The van der Waals surface area contributed by atoms with Gasteiger partial charge < -0.3 is 4.74 Å². The van der Waals surface area contributed by atoms with Gasteiger partial charge in [-0.1, -0.05) is 54.1 Å². The molecule has 2 aromatic carbocycles. The third kappa shape index (κ3) is 4.43. The van der Waals surface area contributed by atoms with Gasteiger partial charge in [-0.25, -0.2) is 0 Å². The lowest BCUT2D eigenvalue weighted by Gasteiger charge is -2.05. The zero-order valence-corrected chi connectivity index (χ0v) is 13.8. The van der Waals surface area contributed by atoms with Crippen LogP contribution in [0.5, 0.6) is 5.75 Å². The minimum Gasteiger partial charge on any atom is -0.488 e. The van der Waals surface area contributed by atoms with Crippen molar-refractivity contribution in [3.05, 3.63) is 95.3 Å². The highest BCUT2D eigenvalue weighted by Gasteiger charge is 2.12. The lowest BCUT2D eigenvalue weighted by Crippen LogP contribution is -2.36. The molecule has 3 nitrogen and oxygen atoms in total. The van der Waals surface area contributed by atoms with Gasteiger partial charge >= 0.3 is 0 Å². The van der Waals surface area contributed by atoms with Crippen molar-refractivity contribution in [3.8, 4) is 5.75 Å². The molecule has 4 heteroatoms. The number of hydrogen-bond acceptors (Lipinski definition) is 2. The van der Waals surface area contributed by atoms with Crippen LogP contribution in [-0.4, -0.2) is 5.78 Å². The summed E-state index contributed by atoms with van der Waals surface area (Å²) in [7, 11) is 0. The summed E-state index contributed by atoms with van der Waals surface area (Å²) in [5.74, 6) is 0.783. The van der Waals surface area contributed by atoms with E-state index in [4.69, 9.17) is 16.3 Å². The molecule has 0 amide bonds. The number of halogens is 1. The Labute approximate surface area is 146 Å². The highest BCUT2D eigenvalue weighted by atomic mass is 35.5. The molecule has 0 aliphatic rings. The average molecular weight is 339 g/mol. The first kappa shape index (κ1) is 16.2. The molecule has 0 spiro atoms. The Morgan fingerprint density at radius 1 is 0.958 bits per heavy atom. The van der Waals surface area contributed by atoms with Crippen molar-refractivity contribution in [1.29, 1.82) is 0 Å². The number of Topliss-reactive ketones (excluding diaryl/α,β-unsaturated/α-hetero) is 1. The van der Waals surface area contributed by atoms with Gasteiger partial charge in [0.1, 0.15) is 12.4 Å². The van der Waals surface area contributed by atoms with E-state index in [1.807, 2.05) is 59.4 Å². The molecule has 0 aliphatic heterocycles. The van der Waals surface area contributed by atoms with Gasteiger partial charge in [0.25, 0.3) is 0 Å².